The van der Waals surface area contributed by atoms with E-state index in [4.69, 9.17) is 19.6 Å². The molecule has 0 spiro atoms. The van der Waals surface area contributed by atoms with Gasteiger partial charge in [0.15, 0.2) is 16.9 Å². The molecule has 0 aromatic heterocycles. The molecule has 0 radical (unpaired) electrons. The summed E-state index contributed by atoms with van der Waals surface area (Å²) in [6.07, 6.45) is 1.94. The van der Waals surface area contributed by atoms with Gasteiger partial charge in [-0.3, -0.25) is 0 Å². The van der Waals surface area contributed by atoms with Crippen LogP contribution in [0.15, 0.2) is 23.8 Å². The molecule has 0 bridgehead atoms. The zero-order valence-corrected chi connectivity index (χ0v) is 17.4. The lowest BCUT2D eigenvalue weighted by molar-refractivity contribution is 0.234. The Hall–Kier alpha value is -3.54. The highest BCUT2D eigenvalue weighted by Gasteiger charge is 2.57. The molecule has 3 rings (SSSR count). The third-order valence-electron chi connectivity index (χ3n) is 6.02. The molecule has 1 aliphatic heterocycles. The predicted octanol–water partition coefficient (Wildman–Crippen LogP) is 2.49. The van der Waals surface area contributed by atoms with Crippen LogP contribution in [0.4, 0.5) is 0 Å². The first kappa shape index (κ1) is 21.2. The monoisotopic (exact) mass is 405 g/mol. The lowest BCUT2D eigenvalue weighted by Gasteiger charge is -2.47. The minimum atomic E-state index is -1.79. The maximum atomic E-state index is 10.1. The van der Waals surface area contributed by atoms with Crippen LogP contribution in [0.3, 0.4) is 0 Å². The molecule has 1 heterocycles. The third-order valence-corrected chi connectivity index (χ3v) is 6.02. The lowest BCUT2D eigenvalue weighted by Crippen LogP contribution is -2.52. The molecule has 1 N–H and O–H groups in total. The summed E-state index contributed by atoms with van der Waals surface area (Å²) in [4.78, 5) is 2.07. The number of nitriles is 3. The topological polar surface area (TPSA) is 126 Å². The average Bonchev–Trinajstić information content (AvgIpc) is 2.77. The van der Waals surface area contributed by atoms with Crippen LogP contribution in [0.25, 0.3) is 0 Å². The summed E-state index contributed by atoms with van der Waals surface area (Å²) in [5.41, 5.74) is -0.549. The van der Waals surface area contributed by atoms with Gasteiger partial charge in [0.2, 0.25) is 5.75 Å². The summed E-state index contributed by atoms with van der Waals surface area (Å²) in [6, 6.07) is 9.76. The Bertz CT molecular complexity index is 988. The molecule has 1 fully saturated rings. The highest BCUT2D eigenvalue weighted by molar-refractivity contribution is 6.00. The number of rotatable bonds is 4. The van der Waals surface area contributed by atoms with Crippen molar-refractivity contribution in [1.82, 2.24) is 4.90 Å². The van der Waals surface area contributed by atoms with Crippen molar-refractivity contribution in [3.8, 4) is 35.5 Å². The zero-order valence-electron chi connectivity index (χ0n) is 17.4. The first-order chi connectivity index (χ1) is 14.4. The average molecular weight is 405 g/mol. The normalized spacial score (nSPS) is 25.0. The number of methoxy groups -OCH3 is 3. The lowest BCUT2D eigenvalue weighted by atomic mass is 9.54. The predicted molar refractivity (Wildman–Crippen MR) is 108 cm³/mol. The van der Waals surface area contributed by atoms with Crippen LogP contribution in [-0.4, -0.2) is 52.1 Å². The molecule has 0 amide bonds. The van der Waals surface area contributed by atoms with Crippen molar-refractivity contribution < 1.29 is 14.2 Å². The standard InChI is InChI=1S/C22H23N5O3/c1-27-6-5-14-15(9-23)21(26)22(11-24,12-25)19(16(14)10-27)13-7-17(28-2)20(30-4)18(8-13)29-3/h5,7-8,15-16,19,26H,6,10H2,1-4H3/t15?,16-,19-/m0/s1. The molecule has 154 valence electrons. The number of hydrogen-bond acceptors (Lipinski definition) is 8. The maximum absolute atomic E-state index is 10.1. The minimum Gasteiger partial charge on any atom is -0.493 e. The van der Waals surface area contributed by atoms with E-state index >= 15 is 0 Å². The second kappa shape index (κ2) is 8.06. The van der Waals surface area contributed by atoms with E-state index in [0.717, 1.165) is 5.57 Å². The van der Waals surface area contributed by atoms with Gasteiger partial charge in [-0.05, 0) is 30.3 Å². The Kier molecular flexibility index (Phi) is 5.69. The highest BCUT2D eigenvalue weighted by Crippen LogP contribution is 2.55. The van der Waals surface area contributed by atoms with Gasteiger partial charge in [-0.1, -0.05) is 6.08 Å². The van der Waals surface area contributed by atoms with Crippen molar-refractivity contribution in [1.29, 1.82) is 21.2 Å². The molecule has 8 nitrogen and oxygen atoms in total. The van der Waals surface area contributed by atoms with E-state index in [1.165, 1.54) is 21.3 Å². The fourth-order valence-corrected chi connectivity index (χ4v) is 4.61. The summed E-state index contributed by atoms with van der Waals surface area (Å²) in [7, 11) is 6.44. The molecular formula is C22H23N5O3. The van der Waals surface area contributed by atoms with Crippen LogP contribution >= 0.6 is 0 Å². The van der Waals surface area contributed by atoms with E-state index in [0.29, 0.717) is 35.9 Å². The third kappa shape index (κ3) is 2.96. The van der Waals surface area contributed by atoms with Crippen molar-refractivity contribution in [3.63, 3.8) is 0 Å². The highest BCUT2D eigenvalue weighted by atomic mass is 16.5. The van der Waals surface area contributed by atoms with Gasteiger partial charge in [0.25, 0.3) is 0 Å². The van der Waals surface area contributed by atoms with Crippen molar-refractivity contribution in [2.45, 2.75) is 5.92 Å². The quantitative estimate of drug-likeness (QED) is 0.763. The minimum absolute atomic E-state index is 0.180. The number of likely N-dealkylation sites (N-methyl/N-ethyl adjacent to an activating group) is 1. The smallest absolute Gasteiger partial charge is 0.203 e. The van der Waals surface area contributed by atoms with E-state index < -0.39 is 17.3 Å². The zero-order chi connectivity index (χ0) is 22.1. The molecule has 2 aliphatic rings. The van der Waals surface area contributed by atoms with Gasteiger partial charge in [0.1, 0.15) is 5.92 Å². The van der Waals surface area contributed by atoms with Crippen LogP contribution in [0.5, 0.6) is 17.2 Å². The summed E-state index contributed by atoms with van der Waals surface area (Å²) in [5, 5.41) is 38.7. The molecule has 1 unspecified atom stereocenters. The Balaban J connectivity index is 2.33. The van der Waals surface area contributed by atoms with Crippen LogP contribution in [-0.2, 0) is 0 Å². The largest absolute Gasteiger partial charge is 0.493 e. The number of hydrogen-bond donors (Lipinski definition) is 1. The molecule has 1 aliphatic carbocycles. The van der Waals surface area contributed by atoms with E-state index in [1.807, 2.05) is 13.1 Å². The fraction of sp³-hybridized carbons (Fsp3) is 0.455. The molecule has 1 aromatic rings. The van der Waals surface area contributed by atoms with Gasteiger partial charge >= 0.3 is 0 Å². The second-order valence-electron chi connectivity index (χ2n) is 7.48. The number of fused-ring (bicyclic) bond motifs is 1. The van der Waals surface area contributed by atoms with Gasteiger partial charge in [0, 0.05) is 24.9 Å². The number of nitrogens with one attached hydrogen (secondary N) is 1. The molecule has 0 saturated heterocycles. The maximum Gasteiger partial charge on any atom is 0.203 e. The van der Waals surface area contributed by atoms with Gasteiger partial charge in [-0.2, -0.15) is 15.8 Å². The number of benzene rings is 1. The van der Waals surface area contributed by atoms with Crippen molar-refractivity contribution in [3.05, 3.63) is 29.3 Å². The SMILES string of the molecule is COc1cc([C@H]2[C@H]3CN(C)CC=C3C(C#N)C(=N)C2(C#N)C#N)cc(OC)c1OC. The Labute approximate surface area is 176 Å². The summed E-state index contributed by atoms with van der Waals surface area (Å²) < 4.78 is 16.3. The molecule has 8 heteroatoms. The fourth-order valence-electron chi connectivity index (χ4n) is 4.61. The Morgan fingerprint density at radius 1 is 1.07 bits per heavy atom. The number of ether oxygens (including phenoxy) is 3. The van der Waals surface area contributed by atoms with E-state index in [9.17, 15) is 15.8 Å². The number of nitrogens with zero attached hydrogens (tertiary/aromatic N) is 4. The van der Waals surface area contributed by atoms with Crippen LogP contribution in [0.2, 0.25) is 0 Å². The van der Waals surface area contributed by atoms with E-state index in [-0.39, 0.29) is 11.6 Å². The first-order valence-corrected chi connectivity index (χ1v) is 9.41. The molecule has 3 atom stereocenters. The van der Waals surface area contributed by atoms with Crippen molar-refractivity contribution in [2.24, 2.45) is 17.3 Å². The summed E-state index contributed by atoms with van der Waals surface area (Å²) in [6.45, 7) is 1.20. The summed E-state index contributed by atoms with van der Waals surface area (Å²) >= 11 is 0. The molecule has 1 aromatic carbocycles. The molecular weight excluding hydrogens is 382 g/mol. The molecule has 30 heavy (non-hydrogen) atoms. The van der Waals surface area contributed by atoms with Crippen LogP contribution in [0.1, 0.15) is 11.5 Å². The molecule has 1 saturated carbocycles. The second-order valence-corrected chi connectivity index (χ2v) is 7.48. The van der Waals surface area contributed by atoms with Gasteiger partial charge < -0.3 is 24.5 Å². The first-order valence-electron chi connectivity index (χ1n) is 9.41. The van der Waals surface area contributed by atoms with Crippen molar-refractivity contribution in [2.75, 3.05) is 41.5 Å². The Morgan fingerprint density at radius 2 is 1.67 bits per heavy atom. The Morgan fingerprint density at radius 3 is 2.13 bits per heavy atom. The summed E-state index contributed by atoms with van der Waals surface area (Å²) in [5.74, 6) is -0.640. The van der Waals surface area contributed by atoms with Gasteiger partial charge in [-0.25, -0.2) is 0 Å². The van der Waals surface area contributed by atoms with Crippen molar-refractivity contribution >= 4 is 5.71 Å². The van der Waals surface area contributed by atoms with Gasteiger partial charge in [0.05, 0.1) is 45.2 Å². The van der Waals surface area contributed by atoms with E-state index in [1.54, 1.807) is 12.1 Å². The van der Waals surface area contributed by atoms with Crippen LogP contribution < -0.4 is 14.2 Å². The van der Waals surface area contributed by atoms with Crippen LogP contribution in [0, 0.1) is 56.7 Å². The van der Waals surface area contributed by atoms with Gasteiger partial charge in [-0.15, -0.1) is 0 Å². The van der Waals surface area contributed by atoms with E-state index in [2.05, 4.69) is 23.1 Å².